The lowest BCUT2D eigenvalue weighted by Gasteiger charge is -2.14. The minimum absolute atomic E-state index is 0.228. The van der Waals surface area contributed by atoms with E-state index >= 15 is 0 Å². The number of nitrogens with zero attached hydrogens (tertiary/aromatic N) is 1. The van der Waals surface area contributed by atoms with E-state index in [0.717, 1.165) is 5.56 Å². The normalized spacial score (nSPS) is 10.0. The van der Waals surface area contributed by atoms with Crippen molar-refractivity contribution in [2.75, 3.05) is 7.11 Å². The second kappa shape index (κ2) is 5.04. The molecule has 0 N–H and O–H groups in total. The van der Waals surface area contributed by atoms with Crippen molar-refractivity contribution < 1.29 is 9.53 Å². The molecule has 1 aromatic rings. The van der Waals surface area contributed by atoms with E-state index in [1.807, 2.05) is 19.9 Å². The quantitative estimate of drug-likeness (QED) is 0.819. The highest BCUT2D eigenvalue weighted by Crippen LogP contribution is 2.32. The summed E-state index contributed by atoms with van der Waals surface area (Å²) in [5, 5.41) is 8.64. The van der Waals surface area contributed by atoms with Gasteiger partial charge in [0, 0.05) is 0 Å². The molecule has 0 aliphatic heterocycles. The van der Waals surface area contributed by atoms with Gasteiger partial charge in [-0.25, -0.2) is 0 Å². The highest BCUT2D eigenvalue weighted by Gasteiger charge is 2.18. The lowest BCUT2D eigenvalue weighted by Crippen LogP contribution is -2.02. The van der Waals surface area contributed by atoms with E-state index in [1.165, 1.54) is 7.11 Å². The number of benzene rings is 1. The fourth-order valence-corrected chi connectivity index (χ4v) is 1.75. The monoisotopic (exact) mass is 235 g/mol. The first-order valence-electron chi connectivity index (χ1n) is 4.87. The number of rotatable bonds is 3. The summed E-state index contributed by atoms with van der Waals surface area (Å²) in [6.45, 7) is 4.00. The van der Waals surface area contributed by atoms with Crippen LogP contribution in [-0.2, 0) is 0 Å². The molecule has 0 aliphatic carbocycles. The van der Waals surface area contributed by atoms with Gasteiger partial charge in [-0.2, -0.15) is 5.26 Å². The molecule has 0 atom stereocenters. The van der Waals surface area contributed by atoms with Crippen LogP contribution in [0.25, 0.3) is 0 Å². The highest BCUT2D eigenvalue weighted by molar-refractivity contribution is 7.97. The molecular weight excluding hydrogens is 222 g/mol. The fourth-order valence-electron chi connectivity index (χ4n) is 1.56. The molecule has 0 spiro atoms. The Labute approximate surface area is 100 Å². The summed E-state index contributed by atoms with van der Waals surface area (Å²) in [6.07, 6.45) is 0. The maximum absolute atomic E-state index is 11.2. The van der Waals surface area contributed by atoms with Crippen molar-refractivity contribution in [2.24, 2.45) is 0 Å². The van der Waals surface area contributed by atoms with E-state index in [2.05, 4.69) is 12.6 Å². The van der Waals surface area contributed by atoms with Gasteiger partial charge < -0.3 is 4.74 Å². The van der Waals surface area contributed by atoms with Gasteiger partial charge in [0.1, 0.15) is 17.4 Å². The van der Waals surface area contributed by atoms with Gasteiger partial charge in [-0.05, 0) is 17.5 Å². The van der Waals surface area contributed by atoms with Gasteiger partial charge in [0.05, 0.1) is 12.7 Å². The first kappa shape index (κ1) is 12.6. The number of thiol groups is 1. The van der Waals surface area contributed by atoms with Crippen LogP contribution in [0.2, 0.25) is 0 Å². The molecule has 0 saturated heterocycles. The number of carbonyl (C=O) groups excluding carboxylic acids is 1. The molecule has 0 aromatic heterocycles. The third-order valence-corrected chi connectivity index (χ3v) is 2.60. The van der Waals surface area contributed by atoms with E-state index in [9.17, 15) is 4.79 Å². The Bertz CT molecular complexity index is 461. The van der Waals surface area contributed by atoms with Crippen molar-refractivity contribution in [3.8, 4) is 11.8 Å². The van der Waals surface area contributed by atoms with Crippen molar-refractivity contribution in [2.45, 2.75) is 19.8 Å². The van der Waals surface area contributed by atoms with Crippen molar-refractivity contribution in [1.82, 2.24) is 0 Å². The molecule has 1 rings (SSSR count). The molecule has 84 valence electrons. The van der Waals surface area contributed by atoms with Crippen LogP contribution in [0.4, 0.5) is 0 Å². The zero-order chi connectivity index (χ0) is 12.3. The Morgan fingerprint density at radius 1 is 1.50 bits per heavy atom. The summed E-state index contributed by atoms with van der Waals surface area (Å²) in [5.74, 6) is 0.698. The topological polar surface area (TPSA) is 50.1 Å². The van der Waals surface area contributed by atoms with Crippen LogP contribution in [-0.4, -0.2) is 12.2 Å². The summed E-state index contributed by atoms with van der Waals surface area (Å²) < 4.78 is 5.21. The zero-order valence-corrected chi connectivity index (χ0v) is 10.3. The van der Waals surface area contributed by atoms with E-state index in [1.54, 1.807) is 12.1 Å². The Morgan fingerprint density at radius 2 is 2.12 bits per heavy atom. The summed E-state index contributed by atoms with van der Waals surface area (Å²) in [6, 6.07) is 5.41. The van der Waals surface area contributed by atoms with Gasteiger partial charge in [-0.1, -0.05) is 19.9 Å². The number of carbonyl (C=O) groups is 1. The van der Waals surface area contributed by atoms with E-state index in [4.69, 9.17) is 10.00 Å². The lowest BCUT2D eigenvalue weighted by atomic mass is 9.96. The van der Waals surface area contributed by atoms with Crippen molar-refractivity contribution >= 4 is 17.7 Å². The second-order valence-electron chi connectivity index (χ2n) is 3.68. The molecule has 0 fully saturated rings. The van der Waals surface area contributed by atoms with Gasteiger partial charge in [0.25, 0.3) is 0 Å². The maximum Gasteiger partial charge on any atom is 0.217 e. The van der Waals surface area contributed by atoms with Crippen molar-refractivity contribution in [3.05, 3.63) is 28.8 Å². The largest absolute Gasteiger partial charge is 0.495 e. The van der Waals surface area contributed by atoms with Crippen LogP contribution in [0.3, 0.4) is 0 Å². The second-order valence-corrected chi connectivity index (χ2v) is 4.09. The number of methoxy groups -OCH3 is 1. The van der Waals surface area contributed by atoms with Crippen LogP contribution in [0, 0.1) is 11.3 Å². The molecule has 1 aromatic carbocycles. The van der Waals surface area contributed by atoms with Gasteiger partial charge in [-0.3, -0.25) is 4.79 Å². The molecule has 0 radical (unpaired) electrons. The standard InChI is InChI=1S/C12H13NO2S/c1-7(2)8-4-5-9(12(14)16)10(6-13)11(8)15-3/h4-5,7H,1-3H3,(H,14,16). The van der Waals surface area contributed by atoms with Crippen LogP contribution in [0.5, 0.6) is 5.75 Å². The Balaban J connectivity index is 3.54. The number of hydrogen-bond donors (Lipinski definition) is 1. The smallest absolute Gasteiger partial charge is 0.217 e. The predicted molar refractivity (Wildman–Crippen MR) is 65.1 cm³/mol. The molecule has 16 heavy (non-hydrogen) atoms. The van der Waals surface area contributed by atoms with Crippen molar-refractivity contribution in [1.29, 1.82) is 5.26 Å². The Kier molecular flexibility index (Phi) is 3.97. The number of hydrogen-bond acceptors (Lipinski definition) is 3. The first-order valence-corrected chi connectivity index (χ1v) is 5.31. The van der Waals surface area contributed by atoms with Crippen LogP contribution >= 0.6 is 12.6 Å². The summed E-state index contributed by atoms with van der Waals surface area (Å²) >= 11 is 3.74. The van der Waals surface area contributed by atoms with Gasteiger partial charge in [0.2, 0.25) is 5.12 Å². The summed E-state index contributed by atoms with van der Waals surface area (Å²) in [4.78, 5) is 11.2. The average Bonchev–Trinajstić information content (AvgIpc) is 2.26. The Morgan fingerprint density at radius 3 is 2.50 bits per heavy atom. The van der Waals surface area contributed by atoms with Gasteiger partial charge in [0.15, 0.2) is 0 Å². The summed E-state index contributed by atoms with van der Waals surface area (Å²) in [7, 11) is 1.49. The lowest BCUT2D eigenvalue weighted by molar-refractivity contribution is 0.109. The number of ether oxygens (including phenoxy) is 1. The molecule has 0 amide bonds. The van der Waals surface area contributed by atoms with Crippen LogP contribution in [0.15, 0.2) is 12.1 Å². The molecule has 0 saturated carbocycles. The molecule has 0 heterocycles. The maximum atomic E-state index is 11.2. The predicted octanol–water partition coefficient (Wildman–Crippen LogP) is 2.76. The minimum atomic E-state index is -0.426. The molecular formula is C12H13NO2S. The van der Waals surface area contributed by atoms with E-state index < -0.39 is 5.12 Å². The molecule has 0 aliphatic rings. The molecule has 0 unspecified atom stereocenters. The fraction of sp³-hybridized carbons (Fsp3) is 0.333. The van der Waals surface area contributed by atoms with Crippen molar-refractivity contribution in [3.63, 3.8) is 0 Å². The average molecular weight is 235 g/mol. The molecule has 0 bridgehead atoms. The SMILES string of the molecule is COc1c(C(C)C)ccc(C(=O)S)c1C#N. The number of nitriles is 1. The Hall–Kier alpha value is -1.47. The van der Waals surface area contributed by atoms with Gasteiger partial charge >= 0.3 is 0 Å². The van der Waals surface area contributed by atoms with Crippen LogP contribution in [0.1, 0.15) is 41.3 Å². The first-order chi connectivity index (χ1) is 7.52. The third kappa shape index (κ3) is 2.20. The third-order valence-electron chi connectivity index (χ3n) is 2.36. The van der Waals surface area contributed by atoms with E-state index in [0.29, 0.717) is 5.75 Å². The minimum Gasteiger partial charge on any atom is -0.495 e. The van der Waals surface area contributed by atoms with Gasteiger partial charge in [-0.15, -0.1) is 12.6 Å². The molecule has 4 heteroatoms. The summed E-state index contributed by atoms with van der Waals surface area (Å²) in [5.41, 5.74) is 1.46. The highest BCUT2D eigenvalue weighted by atomic mass is 32.1. The van der Waals surface area contributed by atoms with Crippen LogP contribution < -0.4 is 4.74 Å². The zero-order valence-electron chi connectivity index (χ0n) is 9.44. The molecule has 3 nitrogen and oxygen atoms in total. The van der Waals surface area contributed by atoms with E-state index in [-0.39, 0.29) is 17.0 Å².